The van der Waals surface area contributed by atoms with Crippen LogP contribution in [0.3, 0.4) is 0 Å². The molecule has 3 nitrogen and oxygen atoms in total. The van der Waals surface area contributed by atoms with E-state index in [0.29, 0.717) is 6.04 Å². The predicted octanol–water partition coefficient (Wildman–Crippen LogP) is 1.35. The van der Waals surface area contributed by atoms with Crippen molar-refractivity contribution in [2.75, 3.05) is 18.1 Å². The van der Waals surface area contributed by atoms with Crippen LogP contribution in [-0.4, -0.2) is 29.3 Å². The molecular formula is C11H16N2O. The Morgan fingerprint density at radius 2 is 2.43 bits per heavy atom. The second-order valence-corrected chi connectivity index (χ2v) is 3.89. The van der Waals surface area contributed by atoms with Crippen molar-refractivity contribution in [1.82, 2.24) is 4.98 Å². The third kappa shape index (κ3) is 1.73. The number of hydrogen-bond donors (Lipinski definition) is 1. The van der Waals surface area contributed by atoms with Gasteiger partial charge in [0.1, 0.15) is 0 Å². The van der Waals surface area contributed by atoms with Gasteiger partial charge in [0, 0.05) is 12.7 Å². The van der Waals surface area contributed by atoms with Gasteiger partial charge < -0.3 is 10.0 Å². The van der Waals surface area contributed by atoms with Crippen LogP contribution >= 0.6 is 0 Å². The third-order valence-corrected chi connectivity index (χ3v) is 2.78. The van der Waals surface area contributed by atoms with Crippen LogP contribution in [-0.2, 0) is 0 Å². The van der Waals surface area contributed by atoms with E-state index in [1.807, 2.05) is 19.3 Å². The van der Waals surface area contributed by atoms with Crippen molar-refractivity contribution in [1.29, 1.82) is 0 Å². The second-order valence-electron chi connectivity index (χ2n) is 3.89. The quantitative estimate of drug-likeness (QED) is 0.768. The fraction of sp³-hybridized carbons (Fsp3) is 0.545. The molecule has 0 aromatic carbocycles. The van der Waals surface area contributed by atoms with Gasteiger partial charge in [-0.05, 0) is 31.4 Å². The molecule has 0 saturated carbocycles. The average molecular weight is 192 g/mol. The number of anilines is 1. The molecule has 0 aliphatic carbocycles. The summed E-state index contributed by atoms with van der Waals surface area (Å²) in [5.74, 6) is 0. The molecule has 1 atom stereocenters. The minimum Gasteiger partial charge on any atom is -0.394 e. The fourth-order valence-corrected chi connectivity index (χ4v) is 2.06. The highest BCUT2D eigenvalue weighted by molar-refractivity contribution is 5.47. The maximum absolute atomic E-state index is 9.20. The number of rotatable bonds is 2. The number of pyridine rings is 1. The molecule has 2 heterocycles. The van der Waals surface area contributed by atoms with E-state index in [4.69, 9.17) is 0 Å². The maximum Gasteiger partial charge on any atom is 0.0635 e. The van der Waals surface area contributed by atoms with Crippen molar-refractivity contribution < 1.29 is 5.11 Å². The van der Waals surface area contributed by atoms with Crippen LogP contribution in [0.2, 0.25) is 0 Å². The molecule has 1 aromatic heterocycles. The van der Waals surface area contributed by atoms with Gasteiger partial charge in [0.25, 0.3) is 0 Å². The topological polar surface area (TPSA) is 36.4 Å². The number of aliphatic hydroxyl groups excluding tert-OH is 1. The lowest BCUT2D eigenvalue weighted by atomic mass is 10.2. The zero-order valence-corrected chi connectivity index (χ0v) is 8.48. The molecule has 2 rings (SSSR count). The van der Waals surface area contributed by atoms with E-state index in [1.165, 1.54) is 12.0 Å². The molecule has 3 heteroatoms. The lowest BCUT2D eigenvalue weighted by Gasteiger charge is -2.24. The van der Waals surface area contributed by atoms with Crippen LogP contribution < -0.4 is 4.90 Å². The first-order chi connectivity index (χ1) is 6.81. The van der Waals surface area contributed by atoms with E-state index < -0.39 is 0 Å². The summed E-state index contributed by atoms with van der Waals surface area (Å²) in [6, 6.07) is 2.42. The Morgan fingerprint density at radius 3 is 3.14 bits per heavy atom. The number of aromatic nitrogens is 1. The molecule has 0 amide bonds. The first kappa shape index (κ1) is 9.46. The zero-order chi connectivity index (χ0) is 9.97. The molecule has 1 aliphatic rings. The largest absolute Gasteiger partial charge is 0.394 e. The van der Waals surface area contributed by atoms with Gasteiger partial charge >= 0.3 is 0 Å². The van der Waals surface area contributed by atoms with E-state index in [9.17, 15) is 5.11 Å². The molecule has 1 aromatic rings. The summed E-state index contributed by atoms with van der Waals surface area (Å²) in [7, 11) is 0. The molecule has 14 heavy (non-hydrogen) atoms. The molecule has 1 N–H and O–H groups in total. The lowest BCUT2D eigenvalue weighted by molar-refractivity contribution is 0.266. The Kier molecular flexibility index (Phi) is 2.68. The van der Waals surface area contributed by atoms with Crippen LogP contribution in [0.5, 0.6) is 0 Å². The summed E-state index contributed by atoms with van der Waals surface area (Å²) in [6.45, 7) is 3.32. The SMILES string of the molecule is Cc1cncc(N2CCCC2CO)c1. The van der Waals surface area contributed by atoms with E-state index in [1.54, 1.807) is 0 Å². The zero-order valence-electron chi connectivity index (χ0n) is 8.48. The Morgan fingerprint density at radius 1 is 1.57 bits per heavy atom. The van der Waals surface area contributed by atoms with Crippen LogP contribution in [0.15, 0.2) is 18.5 Å². The summed E-state index contributed by atoms with van der Waals surface area (Å²) in [6.07, 6.45) is 5.98. The highest BCUT2D eigenvalue weighted by atomic mass is 16.3. The van der Waals surface area contributed by atoms with Crippen LogP contribution in [0.4, 0.5) is 5.69 Å². The van der Waals surface area contributed by atoms with Crippen molar-refractivity contribution >= 4 is 5.69 Å². The van der Waals surface area contributed by atoms with Crippen LogP contribution in [0.25, 0.3) is 0 Å². The first-order valence-electron chi connectivity index (χ1n) is 5.10. The van der Waals surface area contributed by atoms with Crippen molar-refractivity contribution in [2.24, 2.45) is 0 Å². The molecule has 1 fully saturated rings. The molecule has 0 radical (unpaired) electrons. The average Bonchev–Trinajstić information content (AvgIpc) is 2.65. The third-order valence-electron chi connectivity index (χ3n) is 2.78. The molecule has 0 spiro atoms. The van der Waals surface area contributed by atoms with E-state index in [0.717, 1.165) is 18.7 Å². The Bertz CT molecular complexity index is 314. The standard InChI is InChI=1S/C11H16N2O/c1-9-5-11(7-12-6-9)13-4-2-3-10(13)8-14/h5-7,10,14H,2-4,8H2,1H3. The van der Waals surface area contributed by atoms with Crippen LogP contribution in [0.1, 0.15) is 18.4 Å². The number of nitrogens with zero attached hydrogens (tertiary/aromatic N) is 2. The van der Waals surface area contributed by atoms with Gasteiger partial charge in [0.05, 0.1) is 24.5 Å². The van der Waals surface area contributed by atoms with Crippen molar-refractivity contribution in [3.05, 3.63) is 24.0 Å². The van der Waals surface area contributed by atoms with E-state index >= 15 is 0 Å². The number of hydrogen-bond acceptors (Lipinski definition) is 3. The van der Waals surface area contributed by atoms with E-state index in [2.05, 4.69) is 16.0 Å². The Labute approximate surface area is 84.4 Å². The van der Waals surface area contributed by atoms with Crippen LogP contribution in [0, 0.1) is 6.92 Å². The van der Waals surface area contributed by atoms with Gasteiger partial charge in [0.15, 0.2) is 0 Å². The molecule has 1 unspecified atom stereocenters. The normalized spacial score (nSPS) is 21.6. The lowest BCUT2D eigenvalue weighted by Crippen LogP contribution is -2.32. The second kappa shape index (κ2) is 3.96. The minimum absolute atomic E-state index is 0.244. The van der Waals surface area contributed by atoms with Gasteiger partial charge in [-0.1, -0.05) is 0 Å². The highest BCUT2D eigenvalue weighted by Crippen LogP contribution is 2.24. The first-order valence-corrected chi connectivity index (χ1v) is 5.10. The van der Waals surface area contributed by atoms with Gasteiger partial charge in [-0.3, -0.25) is 4.98 Å². The molecule has 1 saturated heterocycles. The van der Waals surface area contributed by atoms with Crippen molar-refractivity contribution in [2.45, 2.75) is 25.8 Å². The monoisotopic (exact) mass is 192 g/mol. The van der Waals surface area contributed by atoms with Crippen molar-refractivity contribution in [3.8, 4) is 0 Å². The fourth-order valence-electron chi connectivity index (χ4n) is 2.06. The maximum atomic E-state index is 9.20. The number of aryl methyl sites for hydroxylation is 1. The van der Waals surface area contributed by atoms with Gasteiger partial charge in [-0.25, -0.2) is 0 Å². The molecule has 1 aliphatic heterocycles. The smallest absolute Gasteiger partial charge is 0.0635 e. The molecule has 0 bridgehead atoms. The van der Waals surface area contributed by atoms with Crippen molar-refractivity contribution in [3.63, 3.8) is 0 Å². The number of aliphatic hydroxyl groups is 1. The Balaban J connectivity index is 2.21. The van der Waals surface area contributed by atoms with Gasteiger partial charge in [0.2, 0.25) is 0 Å². The van der Waals surface area contributed by atoms with Gasteiger partial charge in [-0.2, -0.15) is 0 Å². The summed E-state index contributed by atoms with van der Waals surface area (Å²) >= 11 is 0. The van der Waals surface area contributed by atoms with Gasteiger partial charge in [-0.15, -0.1) is 0 Å². The summed E-state index contributed by atoms with van der Waals surface area (Å²) in [4.78, 5) is 6.42. The predicted molar refractivity (Wildman–Crippen MR) is 56.4 cm³/mol. The minimum atomic E-state index is 0.244. The summed E-state index contributed by atoms with van der Waals surface area (Å²) in [5, 5.41) is 9.20. The van der Waals surface area contributed by atoms with E-state index in [-0.39, 0.29) is 6.61 Å². The molecular weight excluding hydrogens is 176 g/mol. The highest BCUT2D eigenvalue weighted by Gasteiger charge is 2.23. The molecule has 76 valence electrons. The summed E-state index contributed by atoms with van der Waals surface area (Å²) in [5.41, 5.74) is 2.31. The summed E-state index contributed by atoms with van der Waals surface area (Å²) < 4.78 is 0. The Hall–Kier alpha value is -1.09.